The molecule has 1 aromatic carbocycles. The molecule has 2 N–H and O–H groups in total. The summed E-state index contributed by atoms with van der Waals surface area (Å²) in [5.41, 5.74) is 6.68. The fraction of sp³-hybridized carbons (Fsp3) is 0.467. The lowest BCUT2D eigenvalue weighted by atomic mass is 10.2. The molecule has 0 radical (unpaired) electrons. The second-order valence-electron chi connectivity index (χ2n) is 4.14. The van der Waals surface area contributed by atoms with Gasteiger partial charge < -0.3 is 15.2 Å². The van der Waals surface area contributed by atoms with E-state index in [2.05, 4.69) is 6.58 Å². The Balaban J connectivity index is 2.47. The van der Waals surface area contributed by atoms with Gasteiger partial charge in [0, 0.05) is 12.1 Å². The number of hydrogen-bond donors (Lipinski definition) is 1. The third-order valence-corrected chi connectivity index (χ3v) is 2.80. The number of allylic oxidation sites excluding steroid dienone is 1. The molecule has 3 nitrogen and oxygen atoms in total. The zero-order valence-electron chi connectivity index (χ0n) is 11.2. The summed E-state index contributed by atoms with van der Waals surface area (Å²) in [5, 5.41) is 0. The van der Waals surface area contributed by atoms with Crippen molar-refractivity contribution in [3.8, 4) is 11.5 Å². The van der Waals surface area contributed by atoms with E-state index in [9.17, 15) is 0 Å². The van der Waals surface area contributed by atoms with Crippen molar-refractivity contribution < 1.29 is 9.47 Å². The number of methoxy groups -OCH3 is 1. The monoisotopic (exact) mass is 249 g/mol. The van der Waals surface area contributed by atoms with E-state index in [-0.39, 0.29) is 0 Å². The Morgan fingerprint density at radius 3 is 2.78 bits per heavy atom. The normalized spacial score (nSPS) is 10.1. The van der Waals surface area contributed by atoms with Crippen molar-refractivity contribution >= 4 is 0 Å². The second-order valence-corrected chi connectivity index (χ2v) is 4.14. The Morgan fingerprint density at radius 2 is 2.11 bits per heavy atom. The summed E-state index contributed by atoms with van der Waals surface area (Å²) in [4.78, 5) is 0. The molecular formula is C15H23NO2. The third-order valence-electron chi connectivity index (χ3n) is 2.80. The highest BCUT2D eigenvalue weighted by atomic mass is 16.5. The van der Waals surface area contributed by atoms with Crippen molar-refractivity contribution in [3.63, 3.8) is 0 Å². The highest BCUT2D eigenvalue weighted by Crippen LogP contribution is 2.30. The van der Waals surface area contributed by atoms with E-state index in [1.54, 1.807) is 7.11 Å². The average molecular weight is 249 g/mol. The zero-order valence-corrected chi connectivity index (χ0v) is 11.2. The Bertz CT molecular complexity index is 341. The van der Waals surface area contributed by atoms with Crippen LogP contribution in [-0.2, 0) is 6.54 Å². The molecule has 0 heterocycles. The highest BCUT2D eigenvalue weighted by Gasteiger charge is 2.08. The van der Waals surface area contributed by atoms with Gasteiger partial charge in [0.25, 0.3) is 0 Å². The maximum Gasteiger partial charge on any atom is 0.165 e. The molecule has 0 bridgehead atoms. The van der Waals surface area contributed by atoms with E-state index >= 15 is 0 Å². The number of rotatable bonds is 9. The maximum atomic E-state index is 5.80. The van der Waals surface area contributed by atoms with Crippen LogP contribution in [0.3, 0.4) is 0 Å². The Labute approximate surface area is 110 Å². The quantitative estimate of drug-likeness (QED) is 0.539. The van der Waals surface area contributed by atoms with Gasteiger partial charge in [-0.3, -0.25) is 0 Å². The van der Waals surface area contributed by atoms with E-state index in [1.807, 2.05) is 24.3 Å². The van der Waals surface area contributed by atoms with Crippen LogP contribution in [0.5, 0.6) is 11.5 Å². The van der Waals surface area contributed by atoms with Crippen LogP contribution in [0, 0.1) is 0 Å². The Hall–Kier alpha value is -1.48. The SMILES string of the molecule is C=CCCCCCOc1c(CN)cccc1OC. The van der Waals surface area contributed by atoms with Crippen molar-refractivity contribution in [2.75, 3.05) is 13.7 Å². The van der Waals surface area contributed by atoms with Gasteiger partial charge in [-0.05, 0) is 31.7 Å². The molecule has 0 amide bonds. The average Bonchev–Trinajstić information content (AvgIpc) is 2.42. The fourth-order valence-corrected chi connectivity index (χ4v) is 1.79. The van der Waals surface area contributed by atoms with Gasteiger partial charge in [-0.15, -0.1) is 6.58 Å². The van der Waals surface area contributed by atoms with Gasteiger partial charge in [0.05, 0.1) is 13.7 Å². The minimum Gasteiger partial charge on any atom is -0.493 e. The molecule has 0 unspecified atom stereocenters. The summed E-state index contributed by atoms with van der Waals surface area (Å²) in [5.74, 6) is 1.54. The molecule has 3 heteroatoms. The van der Waals surface area contributed by atoms with Crippen molar-refractivity contribution in [1.29, 1.82) is 0 Å². The van der Waals surface area contributed by atoms with Crippen LogP contribution in [0.4, 0.5) is 0 Å². The fourth-order valence-electron chi connectivity index (χ4n) is 1.79. The summed E-state index contributed by atoms with van der Waals surface area (Å²) in [6, 6.07) is 5.79. The van der Waals surface area contributed by atoms with Crippen molar-refractivity contribution in [3.05, 3.63) is 36.4 Å². The van der Waals surface area contributed by atoms with Gasteiger partial charge in [-0.25, -0.2) is 0 Å². The summed E-state index contributed by atoms with van der Waals surface area (Å²) >= 11 is 0. The number of ether oxygens (including phenoxy) is 2. The molecule has 0 aliphatic rings. The molecule has 0 aromatic heterocycles. The summed E-state index contributed by atoms with van der Waals surface area (Å²) < 4.78 is 11.1. The predicted molar refractivity (Wildman–Crippen MR) is 75.0 cm³/mol. The number of nitrogens with two attached hydrogens (primary N) is 1. The van der Waals surface area contributed by atoms with Gasteiger partial charge in [-0.1, -0.05) is 18.2 Å². The molecule has 0 spiro atoms. The number of hydrogen-bond acceptors (Lipinski definition) is 3. The van der Waals surface area contributed by atoms with E-state index < -0.39 is 0 Å². The molecule has 18 heavy (non-hydrogen) atoms. The molecule has 0 aliphatic heterocycles. The lowest BCUT2D eigenvalue weighted by molar-refractivity contribution is 0.282. The highest BCUT2D eigenvalue weighted by molar-refractivity contribution is 5.46. The van der Waals surface area contributed by atoms with Crippen LogP contribution in [0.2, 0.25) is 0 Å². The standard InChI is InChI=1S/C15H23NO2/c1-3-4-5-6-7-11-18-15-13(12-16)9-8-10-14(15)17-2/h3,8-10H,1,4-7,11-12,16H2,2H3. The number of para-hydroxylation sites is 1. The zero-order chi connectivity index (χ0) is 13.2. The van der Waals surface area contributed by atoms with Crippen LogP contribution >= 0.6 is 0 Å². The van der Waals surface area contributed by atoms with Crippen LogP contribution < -0.4 is 15.2 Å². The summed E-state index contributed by atoms with van der Waals surface area (Å²) in [7, 11) is 1.65. The Kier molecular flexibility index (Phi) is 6.96. The van der Waals surface area contributed by atoms with Gasteiger partial charge >= 0.3 is 0 Å². The van der Waals surface area contributed by atoms with Crippen LogP contribution in [-0.4, -0.2) is 13.7 Å². The smallest absolute Gasteiger partial charge is 0.165 e. The van der Waals surface area contributed by atoms with Gasteiger partial charge in [0.2, 0.25) is 0 Å². The molecule has 0 saturated heterocycles. The third kappa shape index (κ3) is 4.41. The molecular weight excluding hydrogens is 226 g/mol. The van der Waals surface area contributed by atoms with Crippen molar-refractivity contribution in [1.82, 2.24) is 0 Å². The first-order valence-corrected chi connectivity index (χ1v) is 6.43. The van der Waals surface area contributed by atoms with Crippen molar-refractivity contribution in [2.45, 2.75) is 32.2 Å². The number of unbranched alkanes of at least 4 members (excludes halogenated alkanes) is 3. The van der Waals surface area contributed by atoms with Gasteiger partial charge in [0.15, 0.2) is 11.5 Å². The minimum atomic E-state index is 0.461. The van der Waals surface area contributed by atoms with E-state index in [0.29, 0.717) is 13.2 Å². The van der Waals surface area contributed by atoms with Crippen molar-refractivity contribution in [2.24, 2.45) is 5.73 Å². The van der Waals surface area contributed by atoms with E-state index in [1.165, 1.54) is 6.42 Å². The van der Waals surface area contributed by atoms with Gasteiger partial charge in [-0.2, -0.15) is 0 Å². The minimum absolute atomic E-state index is 0.461. The molecule has 1 aromatic rings. The Morgan fingerprint density at radius 1 is 1.28 bits per heavy atom. The lowest BCUT2D eigenvalue weighted by Crippen LogP contribution is -2.05. The first-order chi connectivity index (χ1) is 8.83. The van der Waals surface area contributed by atoms with Crippen LogP contribution in [0.15, 0.2) is 30.9 Å². The molecule has 0 fully saturated rings. The second kappa shape index (κ2) is 8.59. The van der Waals surface area contributed by atoms with Crippen LogP contribution in [0.1, 0.15) is 31.2 Å². The van der Waals surface area contributed by atoms with E-state index in [4.69, 9.17) is 15.2 Å². The molecule has 0 atom stereocenters. The van der Waals surface area contributed by atoms with Crippen LogP contribution in [0.25, 0.3) is 0 Å². The largest absolute Gasteiger partial charge is 0.493 e. The summed E-state index contributed by atoms with van der Waals surface area (Å²) in [6.07, 6.45) is 6.38. The maximum absolute atomic E-state index is 5.80. The number of benzene rings is 1. The first kappa shape index (κ1) is 14.6. The topological polar surface area (TPSA) is 44.5 Å². The predicted octanol–water partition coefficient (Wildman–Crippen LogP) is 3.28. The van der Waals surface area contributed by atoms with Gasteiger partial charge in [0.1, 0.15) is 0 Å². The molecule has 100 valence electrons. The van der Waals surface area contributed by atoms with E-state index in [0.717, 1.165) is 36.3 Å². The molecule has 0 saturated carbocycles. The molecule has 1 rings (SSSR count). The first-order valence-electron chi connectivity index (χ1n) is 6.43. The summed E-state index contributed by atoms with van der Waals surface area (Å²) in [6.45, 7) is 4.87. The lowest BCUT2D eigenvalue weighted by Gasteiger charge is -2.14. The molecule has 0 aliphatic carbocycles.